The Morgan fingerprint density at radius 2 is 2.21 bits per heavy atom. The summed E-state index contributed by atoms with van der Waals surface area (Å²) in [6.45, 7) is 1.62. The first kappa shape index (κ1) is 11.5. The van der Waals surface area contributed by atoms with Gasteiger partial charge < -0.3 is 20.3 Å². The molecule has 98 valence electrons. The van der Waals surface area contributed by atoms with E-state index in [1.165, 1.54) is 18.2 Å². The first-order valence-electron chi connectivity index (χ1n) is 5.89. The monoisotopic (exact) mass is 259 g/mol. The number of carbonyl (C=O) groups excluding carboxylic acids is 1. The van der Waals surface area contributed by atoms with Crippen molar-refractivity contribution in [3.63, 3.8) is 0 Å². The molecule has 3 N–H and O–H groups in total. The van der Waals surface area contributed by atoms with Gasteiger partial charge in [-0.1, -0.05) is 0 Å². The first-order chi connectivity index (χ1) is 9.15. The van der Waals surface area contributed by atoms with E-state index in [-0.39, 0.29) is 11.7 Å². The molecule has 3 rings (SSSR count). The maximum absolute atomic E-state index is 12.4. The second-order valence-corrected chi connectivity index (χ2v) is 4.44. The SMILES string of the molecule is Nc1ccc(O)cc1C(=O)N1CCn2cnnc2C1. The third-order valence-corrected chi connectivity index (χ3v) is 3.19. The molecule has 0 atom stereocenters. The van der Waals surface area contributed by atoms with E-state index in [1.54, 1.807) is 11.2 Å². The number of nitrogens with two attached hydrogens (primary N) is 1. The van der Waals surface area contributed by atoms with E-state index in [0.717, 1.165) is 5.82 Å². The second-order valence-electron chi connectivity index (χ2n) is 4.44. The maximum Gasteiger partial charge on any atom is 0.256 e. The Balaban J connectivity index is 1.87. The average molecular weight is 259 g/mol. The van der Waals surface area contributed by atoms with Crippen LogP contribution in [0.2, 0.25) is 0 Å². The van der Waals surface area contributed by atoms with Crippen molar-refractivity contribution in [1.29, 1.82) is 0 Å². The summed E-state index contributed by atoms with van der Waals surface area (Å²) in [6.07, 6.45) is 1.65. The van der Waals surface area contributed by atoms with Crippen LogP contribution in [0.1, 0.15) is 16.2 Å². The molecule has 0 bridgehead atoms. The largest absolute Gasteiger partial charge is 0.508 e. The Morgan fingerprint density at radius 3 is 3.05 bits per heavy atom. The Morgan fingerprint density at radius 1 is 1.37 bits per heavy atom. The van der Waals surface area contributed by atoms with Crippen LogP contribution in [-0.2, 0) is 13.1 Å². The molecule has 1 aliphatic heterocycles. The molecule has 0 unspecified atom stereocenters. The van der Waals surface area contributed by atoms with Crippen LogP contribution in [0.25, 0.3) is 0 Å². The van der Waals surface area contributed by atoms with Gasteiger partial charge in [0.05, 0.1) is 12.1 Å². The van der Waals surface area contributed by atoms with Crippen molar-refractivity contribution in [3.05, 3.63) is 35.9 Å². The number of fused-ring (bicyclic) bond motifs is 1. The van der Waals surface area contributed by atoms with E-state index >= 15 is 0 Å². The van der Waals surface area contributed by atoms with Gasteiger partial charge >= 0.3 is 0 Å². The van der Waals surface area contributed by atoms with Crippen molar-refractivity contribution in [1.82, 2.24) is 19.7 Å². The molecule has 19 heavy (non-hydrogen) atoms. The number of phenols is 1. The number of anilines is 1. The molecule has 0 radical (unpaired) electrons. The summed E-state index contributed by atoms with van der Waals surface area (Å²) in [4.78, 5) is 14.0. The lowest BCUT2D eigenvalue weighted by Gasteiger charge is -2.27. The van der Waals surface area contributed by atoms with Gasteiger partial charge in [0.15, 0.2) is 5.82 Å². The van der Waals surface area contributed by atoms with Crippen molar-refractivity contribution in [2.24, 2.45) is 0 Å². The quantitative estimate of drug-likeness (QED) is 0.564. The van der Waals surface area contributed by atoms with Crippen molar-refractivity contribution in [3.8, 4) is 5.75 Å². The molecule has 2 aromatic rings. The molecule has 2 heterocycles. The highest BCUT2D eigenvalue weighted by Crippen LogP contribution is 2.22. The fraction of sp³-hybridized carbons (Fsp3) is 0.250. The number of phenolic OH excluding ortho intramolecular Hbond substituents is 1. The van der Waals surface area contributed by atoms with Crippen LogP contribution in [0.5, 0.6) is 5.75 Å². The van der Waals surface area contributed by atoms with Gasteiger partial charge in [0.1, 0.15) is 12.1 Å². The van der Waals surface area contributed by atoms with Gasteiger partial charge in [-0.3, -0.25) is 4.79 Å². The molecule has 0 saturated carbocycles. The zero-order valence-corrected chi connectivity index (χ0v) is 10.2. The molecule has 0 spiro atoms. The van der Waals surface area contributed by atoms with Crippen LogP contribution < -0.4 is 5.73 Å². The number of nitrogen functional groups attached to an aromatic ring is 1. The number of aromatic nitrogens is 3. The van der Waals surface area contributed by atoms with Crippen LogP contribution >= 0.6 is 0 Å². The van der Waals surface area contributed by atoms with E-state index in [4.69, 9.17) is 5.73 Å². The molecule has 1 aromatic carbocycles. The summed E-state index contributed by atoms with van der Waals surface area (Å²) in [5.41, 5.74) is 6.45. The van der Waals surface area contributed by atoms with Gasteiger partial charge in [-0.15, -0.1) is 10.2 Å². The summed E-state index contributed by atoms with van der Waals surface area (Å²) < 4.78 is 1.91. The van der Waals surface area contributed by atoms with Gasteiger partial charge in [-0.25, -0.2) is 0 Å². The van der Waals surface area contributed by atoms with E-state index in [1.807, 2.05) is 4.57 Å². The van der Waals surface area contributed by atoms with E-state index in [0.29, 0.717) is 30.9 Å². The van der Waals surface area contributed by atoms with E-state index in [9.17, 15) is 9.90 Å². The lowest BCUT2D eigenvalue weighted by molar-refractivity contribution is 0.0708. The van der Waals surface area contributed by atoms with Crippen molar-refractivity contribution < 1.29 is 9.90 Å². The summed E-state index contributed by atoms with van der Waals surface area (Å²) >= 11 is 0. The number of nitrogens with zero attached hydrogens (tertiary/aromatic N) is 4. The number of hydrogen-bond acceptors (Lipinski definition) is 5. The van der Waals surface area contributed by atoms with Crippen LogP contribution in [0.4, 0.5) is 5.69 Å². The topological polar surface area (TPSA) is 97.3 Å². The van der Waals surface area contributed by atoms with Crippen molar-refractivity contribution in [2.45, 2.75) is 13.1 Å². The second kappa shape index (κ2) is 4.27. The van der Waals surface area contributed by atoms with Gasteiger partial charge in [-0.05, 0) is 18.2 Å². The Bertz CT molecular complexity index is 637. The summed E-state index contributed by atoms with van der Waals surface area (Å²) in [5.74, 6) is 0.568. The zero-order chi connectivity index (χ0) is 13.4. The average Bonchev–Trinajstić information content (AvgIpc) is 2.88. The highest BCUT2D eigenvalue weighted by molar-refractivity contribution is 5.99. The summed E-state index contributed by atoms with van der Waals surface area (Å²) in [7, 11) is 0. The molecule has 0 aliphatic carbocycles. The Kier molecular flexibility index (Phi) is 2.59. The molecule has 1 aromatic heterocycles. The summed E-state index contributed by atoms with van der Waals surface area (Å²) in [6, 6.07) is 4.37. The molecular weight excluding hydrogens is 246 g/mol. The number of rotatable bonds is 1. The van der Waals surface area contributed by atoms with Crippen molar-refractivity contribution >= 4 is 11.6 Å². The molecule has 1 aliphatic rings. The number of amides is 1. The number of benzene rings is 1. The molecule has 7 heteroatoms. The number of hydrogen-bond donors (Lipinski definition) is 2. The highest BCUT2D eigenvalue weighted by Gasteiger charge is 2.24. The molecule has 7 nitrogen and oxygen atoms in total. The standard InChI is InChI=1S/C12H13N5O2/c13-10-2-1-8(18)5-9(10)12(19)16-3-4-17-7-14-15-11(17)6-16/h1-2,5,7,18H,3-4,6,13H2. The smallest absolute Gasteiger partial charge is 0.256 e. The summed E-state index contributed by atoms with van der Waals surface area (Å²) in [5, 5.41) is 17.2. The minimum absolute atomic E-state index is 0.0257. The predicted octanol–water partition coefficient (Wildman–Crippen LogP) is 0.222. The third-order valence-electron chi connectivity index (χ3n) is 3.19. The van der Waals surface area contributed by atoms with Gasteiger partial charge in [0.25, 0.3) is 5.91 Å². The van der Waals surface area contributed by atoms with E-state index in [2.05, 4.69) is 10.2 Å². The van der Waals surface area contributed by atoms with Gasteiger partial charge in [0.2, 0.25) is 0 Å². The van der Waals surface area contributed by atoms with Crippen LogP contribution in [0.3, 0.4) is 0 Å². The third kappa shape index (κ3) is 1.99. The van der Waals surface area contributed by atoms with E-state index < -0.39 is 0 Å². The highest BCUT2D eigenvalue weighted by atomic mass is 16.3. The van der Waals surface area contributed by atoms with Crippen LogP contribution in [0.15, 0.2) is 24.5 Å². The maximum atomic E-state index is 12.4. The molecule has 1 amide bonds. The molecular formula is C12H13N5O2. The van der Waals surface area contributed by atoms with Gasteiger partial charge in [-0.2, -0.15) is 0 Å². The predicted molar refractivity (Wildman–Crippen MR) is 67.3 cm³/mol. The zero-order valence-electron chi connectivity index (χ0n) is 10.2. The van der Waals surface area contributed by atoms with Gasteiger partial charge in [0, 0.05) is 18.8 Å². The molecule has 0 saturated heterocycles. The number of aromatic hydroxyl groups is 1. The number of carbonyl (C=O) groups is 1. The molecule has 0 fully saturated rings. The lowest BCUT2D eigenvalue weighted by Crippen LogP contribution is -2.38. The van der Waals surface area contributed by atoms with Crippen molar-refractivity contribution in [2.75, 3.05) is 12.3 Å². The Labute approximate surface area is 109 Å². The normalized spacial score (nSPS) is 14.2. The first-order valence-corrected chi connectivity index (χ1v) is 5.89. The lowest BCUT2D eigenvalue weighted by atomic mass is 10.1. The minimum atomic E-state index is -0.206. The fourth-order valence-corrected chi connectivity index (χ4v) is 2.14. The van der Waals surface area contributed by atoms with Crippen LogP contribution in [0, 0.1) is 0 Å². The fourth-order valence-electron chi connectivity index (χ4n) is 2.14. The minimum Gasteiger partial charge on any atom is -0.508 e. The van der Waals surface area contributed by atoms with Crippen LogP contribution in [-0.4, -0.2) is 37.2 Å². The Hall–Kier alpha value is -2.57.